The molecule has 0 aliphatic carbocycles. The van der Waals surface area contributed by atoms with Gasteiger partial charge in [-0.05, 0) is 112 Å². The summed E-state index contributed by atoms with van der Waals surface area (Å²) < 4.78 is 6.06. The van der Waals surface area contributed by atoms with E-state index in [1.165, 1.54) is 44.5 Å². The minimum Gasteiger partial charge on any atom is -0.394 e. The summed E-state index contributed by atoms with van der Waals surface area (Å²) in [5.41, 5.74) is 3.86. The zero-order chi connectivity index (χ0) is 32.0. The number of anilines is 4. The van der Waals surface area contributed by atoms with Gasteiger partial charge in [0.15, 0.2) is 5.82 Å². The lowest BCUT2D eigenvalue weighted by atomic mass is 9.67. The molecule has 248 valence electrons. The average Bonchev–Trinajstić information content (AvgIpc) is 3.70. The largest absolute Gasteiger partial charge is 0.394 e. The predicted octanol–water partition coefficient (Wildman–Crippen LogP) is 3.61. The number of amides is 2. The summed E-state index contributed by atoms with van der Waals surface area (Å²) in [4.78, 5) is 34.2. The Morgan fingerprint density at radius 3 is 1.89 bits per heavy atom. The summed E-state index contributed by atoms with van der Waals surface area (Å²) >= 11 is 0. The second-order valence-corrected chi connectivity index (χ2v) is 13.9. The number of carbonyl (C=O) groups is 1. The van der Waals surface area contributed by atoms with Crippen LogP contribution in [0.5, 0.6) is 0 Å². The quantitative estimate of drug-likeness (QED) is 0.289. The number of fused-ring (bicyclic) bond motifs is 5. The molecule has 6 aliphatic heterocycles. The Bertz CT molecular complexity index is 1540. The minimum absolute atomic E-state index is 0.0409. The summed E-state index contributed by atoms with van der Waals surface area (Å²) in [7, 11) is 0. The monoisotopic (exact) mass is 640 g/mol. The molecule has 9 rings (SSSR count). The maximum atomic E-state index is 12.9. The van der Waals surface area contributed by atoms with Crippen molar-refractivity contribution >= 4 is 29.3 Å². The summed E-state index contributed by atoms with van der Waals surface area (Å²) in [6, 6.07) is 15.2. The Kier molecular flexibility index (Phi) is 8.20. The Balaban J connectivity index is 0.985. The highest BCUT2D eigenvalue weighted by atomic mass is 16.5. The number of urea groups is 1. The van der Waals surface area contributed by atoms with Gasteiger partial charge in [-0.15, -0.1) is 0 Å². The minimum atomic E-state index is -0.305. The second kappa shape index (κ2) is 12.6. The molecule has 2 amide bonds. The molecule has 4 bridgehead atoms. The normalized spacial score (nSPS) is 29.7. The first-order valence-corrected chi connectivity index (χ1v) is 17.2. The molecule has 2 unspecified atom stereocenters. The van der Waals surface area contributed by atoms with Crippen LogP contribution in [0.2, 0.25) is 0 Å². The lowest BCUT2D eigenvalue weighted by Crippen LogP contribution is -2.50. The van der Waals surface area contributed by atoms with Crippen LogP contribution in [0.1, 0.15) is 50.5 Å². The molecule has 3 aromatic rings. The summed E-state index contributed by atoms with van der Waals surface area (Å²) in [6.45, 7) is 4.88. The van der Waals surface area contributed by atoms with Gasteiger partial charge in [0.25, 0.3) is 0 Å². The van der Waals surface area contributed by atoms with Gasteiger partial charge in [0, 0.05) is 30.0 Å². The number of hydrogen-bond acceptors (Lipinski definition) is 10. The molecule has 0 saturated carbocycles. The topological polar surface area (TPSA) is 139 Å². The van der Waals surface area contributed by atoms with Gasteiger partial charge >= 0.3 is 6.03 Å². The number of hydrogen-bond donors (Lipinski definition) is 4. The number of aliphatic hydroxyl groups excluding tert-OH is 2. The van der Waals surface area contributed by atoms with Gasteiger partial charge in [0.2, 0.25) is 11.9 Å². The molecule has 6 aliphatic rings. The number of carbonyl (C=O) groups excluding carboxylic acids is 1. The van der Waals surface area contributed by atoms with Crippen molar-refractivity contribution in [3.8, 4) is 11.4 Å². The molecular weight excluding hydrogens is 596 g/mol. The number of piperidine rings is 3. The van der Waals surface area contributed by atoms with Crippen molar-refractivity contribution in [3.63, 3.8) is 0 Å². The maximum absolute atomic E-state index is 12.9. The van der Waals surface area contributed by atoms with Gasteiger partial charge in [-0.3, -0.25) is 0 Å². The smallest absolute Gasteiger partial charge is 0.323 e. The lowest BCUT2D eigenvalue weighted by molar-refractivity contribution is 0.0299. The van der Waals surface area contributed by atoms with Crippen LogP contribution in [0.15, 0.2) is 48.5 Å². The first kappa shape index (κ1) is 30.5. The van der Waals surface area contributed by atoms with Gasteiger partial charge in [0.05, 0.1) is 37.5 Å². The van der Waals surface area contributed by atoms with E-state index in [1.807, 2.05) is 41.3 Å². The van der Waals surface area contributed by atoms with E-state index in [2.05, 4.69) is 32.6 Å². The van der Waals surface area contributed by atoms with E-state index < -0.39 is 0 Å². The summed E-state index contributed by atoms with van der Waals surface area (Å²) in [6.07, 6.45) is 7.54. The van der Waals surface area contributed by atoms with Crippen LogP contribution in [-0.4, -0.2) is 106 Å². The van der Waals surface area contributed by atoms with Crippen LogP contribution in [-0.2, 0) is 10.2 Å². The highest BCUT2D eigenvalue weighted by Crippen LogP contribution is 2.43. The van der Waals surface area contributed by atoms with Gasteiger partial charge < -0.3 is 40.3 Å². The molecule has 0 spiro atoms. The van der Waals surface area contributed by atoms with Crippen molar-refractivity contribution in [2.45, 2.75) is 74.7 Å². The van der Waals surface area contributed by atoms with Crippen LogP contribution in [0, 0.1) is 0 Å². The number of aliphatic hydroxyl groups is 2. The molecule has 12 nitrogen and oxygen atoms in total. The van der Waals surface area contributed by atoms with Gasteiger partial charge in [-0.2, -0.15) is 15.0 Å². The van der Waals surface area contributed by atoms with E-state index in [0.29, 0.717) is 36.5 Å². The van der Waals surface area contributed by atoms with Crippen LogP contribution in [0.3, 0.4) is 0 Å². The Hall–Kier alpha value is -3.84. The van der Waals surface area contributed by atoms with Crippen molar-refractivity contribution in [1.29, 1.82) is 0 Å². The number of ether oxygens (including phenoxy) is 1. The zero-order valence-electron chi connectivity index (χ0n) is 26.7. The van der Waals surface area contributed by atoms with Crippen molar-refractivity contribution in [2.24, 2.45) is 0 Å². The van der Waals surface area contributed by atoms with E-state index in [1.54, 1.807) is 0 Å². The third-order valence-electron chi connectivity index (χ3n) is 11.1. The van der Waals surface area contributed by atoms with Crippen LogP contribution >= 0.6 is 0 Å². The Morgan fingerprint density at radius 2 is 1.32 bits per heavy atom. The van der Waals surface area contributed by atoms with Crippen molar-refractivity contribution in [2.75, 3.05) is 66.4 Å². The highest BCUT2D eigenvalue weighted by Gasteiger charge is 2.41. The first-order valence-electron chi connectivity index (χ1n) is 17.2. The van der Waals surface area contributed by atoms with Crippen LogP contribution in [0.4, 0.5) is 28.1 Å². The van der Waals surface area contributed by atoms with Crippen molar-refractivity contribution in [1.82, 2.24) is 19.9 Å². The summed E-state index contributed by atoms with van der Waals surface area (Å²) in [5.74, 6) is 1.54. The fourth-order valence-corrected chi connectivity index (χ4v) is 8.33. The fourth-order valence-electron chi connectivity index (χ4n) is 8.33. The SMILES string of the molecule is O=C(Nc1ccc(-c2nc(N3CC4CCC(C3)O4)nc(N3[C@H](CO)CC[C@@H]3CO)n2)cc1)Nc1ccc(C23CCN(CC2)CC3)cc1. The Labute approximate surface area is 275 Å². The predicted molar refractivity (Wildman–Crippen MR) is 180 cm³/mol. The van der Waals surface area contributed by atoms with Crippen molar-refractivity contribution < 1.29 is 19.7 Å². The summed E-state index contributed by atoms with van der Waals surface area (Å²) in [5, 5.41) is 26.1. The van der Waals surface area contributed by atoms with E-state index in [-0.39, 0.29) is 49.0 Å². The Morgan fingerprint density at radius 1 is 0.766 bits per heavy atom. The second-order valence-electron chi connectivity index (χ2n) is 13.9. The maximum Gasteiger partial charge on any atom is 0.323 e. The molecule has 0 radical (unpaired) electrons. The number of nitrogens with one attached hydrogen (secondary N) is 2. The van der Waals surface area contributed by atoms with E-state index in [9.17, 15) is 15.0 Å². The number of aromatic nitrogens is 3. The van der Waals surface area contributed by atoms with Gasteiger partial charge in [0.1, 0.15) is 0 Å². The fraction of sp³-hybridized carbons (Fsp3) is 0.543. The molecule has 7 heterocycles. The van der Waals surface area contributed by atoms with E-state index >= 15 is 0 Å². The average molecular weight is 641 g/mol. The number of morpholine rings is 1. The standard InChI is InChI=1S/C35H44N8O4/c44-21-27-9-10-28(22-45)43(27)33-39-31(38-32(40-33)42-19-29-11-12-30(20-42)47-29)23-1-5-25(6-2-23)36-34(46)37-26-7-3-24(4-8-26)35-13-16-41(17-14-35)18-15-35/h1-8,27-30,44-45H,9-22H2,(H2,36,37,46)/t27-,28+,29?,30?. The third kappa shape index (κ3) is 6.03. The molecular formula is C35H44N8O4. The molecule has 6 saturated heterocycles. The highest BCUT2D eigenvalue weighted by molar-refractivity contribution is 5.99. The molecule has 12 heteroatoms. The molecule has 4 N–H and O–H groups in total. The van der Waals surface area contributed by atoms with Crippen LogP contribution in [0.25, 0.3) is 11.4 Å². The number of rotatable bonds is 8. The molecule has 1 aromatic heterocycles. The number of nitrogens with zero attached hydrogens (tertiary/aromatic N) is 6. The molecule has 47 heavy (non-hydrogen) atoms. The molecule has 4 atom stereocenters. The first-order chi connectivity index (χ1) is 23.0. The molecule has 2 aromatic carbocycles. The van der Waals surface area contributed by atoms with E-state index in [0.717, 1.165) is 36.9 Å². The van der Waals surface area contributed by atoms with Crippen LogP contribution < -0.4 is 20.4 Å². The van der Waals surface area contributed by atoms with Crippen molar-refractivity contribution in [3.05, 3.63) is 54.1 Å². The van der Waals surface area contributed by atoms with E-state index in [4.69, 9.17) is 19.7 Å². The third-order valence-corrected chi connectivity index (χ3v) is 11.1. The zero-order valence-corrected chi connectivity index (χ0v) is 26.7. The molecule has 6 fully saturated rings. The lowest BCUT2D eigenvalue weighted by Gasteiger charge is -2.48. The van der Waals surface area contributed by atoms with Gasteiger partial charge in [-0.25, -0.2) is 4.79 Å². The number of benzene rings is 2. The van der Waals surface area contributed by atoms with Gasteiger partial charge in [-0.1, -0.05) is 12.1 Å².